The van der Waals surface area contributed by atoms with E-state index in [0.717, 1.165) is 5.57 Å². The summed E-state index contributed by atoms with van der Waals surface area (Å²) in [5, 5.41) is 19.7. The third kappa shape index (κ3) is 3.02. The highest BCUT2D eigenvalue weighted by molar-refractivity contribution is 5.92. The molecule has 27 heavy (non-hydrogen) atoms. The summed E-state index contributed by atoms with van der Waals surface area (Å²) in [6.45, 7) is 6.95. The van der Waals surface area contributed by atoms with Gasteiger partial charge >= 0.3 is 11.9 Å². The van der Waals surface area contributed by atoms with Crippen LogP contribution in [-0.2, 0) is 28.5 Å². The van der Waals surface area contributed by atoms with Gasteiger partial charge in [-0.1, -0.05) is 13.2 Å². The summed E-state index contributed by atoms with van der Waals surface area (Å²) < 4.78 is 22.4. The zero-order valence-corrected chi connectivity index (χ0v) is 14.8. The Bertz CT molecular complexity index is 740. The van der Waals surface area contributed by atoms with Gasteiger partial charge in [0.2, 0.25) is 0 Å². The predicted molar refractivity (Wildman–Crippen MR) is 90.1 cm³/mol. The molecule has 2 bridgehead atoms. The first-order valence-electron chi connectivity index (χ1n) is 8.92. The molecule has 5 aliphatic rings. The Morgan fingerprint density at radius 3 is 2.96 bits per heavy atom. The van der Waals surface area contributed by atoms with Crippen LogP contribution in [0.5, 0.6) is 0 Å². The summed E-state index contributed by atoms with van der Waals surface area (Å²) in [6, 6.07) is 0. The topological polar surface area (TPSA) is 115 Å². The Hall–Kier alpha value is -2.00. The molecule has 4 heterocycles. The maximum absolute atomic E-state index is 12.3. The Balaban J connectivity index is 1.74. The van der Waals surface area contributed by atoms with E-state index in [2.05, 4.69) is 13.2 Å². The SMILES string of the molecule is C=C(CO)C(=O)O[C@H]1C[C@]23O[C@@H]2CC/C(=C/[C@H]2OC(=O)C(=C)[C@H]12)CO[C@@H]3O. The van der Waals surface area contributed by atoms with Crippen LogP contribution < -0.4 is 0 Å². The Morgan fingerprint density at radius 1 is 1.44 bits per heavy atom. The highest BCUT2D eigenvalue weighted by Crippen LogP contribution is 2.51. The Kier molecular flexibility index (Phi) is 4.46. The van der Waals surface area contributed by atoms with E-state index in [4.69, 9.17) is 24.1 Å². The van der Waals surface area contributed by atoms with Crippen LogP contribution in [0.3, 0.4) is 0 Å². The second-order valence-electron chi connectivity index (χ2n) is 7.42. The van der Waals surface area contributed by atoms with Gasteiger partial charge in [-0.2, -0.15) is 0 Å². The molecule has 8 heteroatoms. The minimum atomic E-state index is -1.18. The van der Waals surface area contributed by atoms with Crippen LogP contribution in [0.4, 0.5) is 0 Å². The minimum absolute atomic E-state index is 0.109. The van der Waals surface area contributed by atoms with Crippen LogP contribution in [0.2, 0.25) is 0 Å². The first-order chi connectivity index (χ1) is 12.9. The van der Waals surface area contributed by atoms with Gasteiger partial charge in [-0.3, -0.25) is 0 Å². The van der Waals surface area contributed by atoms with Crippen molar-refractivity contribution in [2.75, 3.05) is 13.2 Å². The molecule has 0 saturated carbocycles. The van der Waals surface area contributed by atoms with Crippen molar-refractivity contribution in [3.63, 3.8) is 0 Å². The normalized spacial score (nSPS) is 42.1. The number of aliphatic hydroxyl groups is 2. The van der Waals surface area contributed by atoms with E-state index in [1.807, 2.05) is 0 Å². The van der Waals surface area contributed by atoms with Gasteiger partial charge in [-0.05, 0) is 24.5 Å². The van der Waals surface area contributed by atoms with E-state index in [0.29, 0.717) is 12.8 Å². The molecule has 0 aromatic carbocycles. The standard InChI is InChI=1S/C19H22O8/c1-9(7-20)16(21)26-13-6-19-14(27-19)4-3-11(8-24-18(19)23)5-12-15(13)10(2)17(22)25-12/h5,12-15,18,20,23H,1-4,6-8H2/b11-5-/t12-,13+,14-,15+,18+,19+/m1/s1. The van der Waals surface area contributed by atoms with Gasteiger partial charge in [0.25, 0.3) is 0 Å². The Morgan fingerprint density at radius 2 is 2.22 bits per heavy atom. The predicted octanol–water partition coefficient (Wildman–Crippen LogP) is 0.141. The molecule has 146 valence electrons. The summed E-state index contributed by atoms with van der Waals surface area (Å²) >= 11 is 0. The molecule has 0 aromatic heterocycles. The molecular weight excluding hydrogens is 356 g/mol. The number of epoxide rings is 1. The highest BCUT2D eigenvalue weighted by Gasteiger charge is 2.65. The number of rotatable bonds is 3. The quantitative estimate of drug-likeness (QED) is 0.308. The van der Waals surface area contributed by atoms with Gasteiger partial charge in [0, 0.05) is 12.0 Å². The molecule has 4 aliphatic heterocycles. The Labute approximate surface area is 156 Å². The maximum atomic E-state index is 12.3. The van der Waals surface area contributed by atoms with E-state index in [-0.39, 0.29) is 30.3 Å². The number of hydrogen-bond acceptors (Lipinski definition) is 8. The lowest BCUT2D eigenvalue weighted by atomic mass is 9.81. The van der Waals surface area contributed by atoms with Crippen molar-refractivity contribution < 1.29 is 38.7 Å². The van der Waals surface area contributed by atoms with Gasteiger partial charge in [0.1, 0.15) is 17.8 Å². The number of fused-ring (bicyclic) bond motifs is 4. The molecule has 0 aromatic rings. The first kappa shape index (κ1) is 18.4. The van der Waals surface area contributed by atoms with Gasteiger partial charge in [-0.15, -0.1) is 0 Å². The zero-order valence-electron chi connectivity index (χ0n) is 14.8. The number of ether oxygens (including phenoxy) is 4. The van der Waals surface area contributed by atoms with Crippen molar-refractivity contribution in [3.8, 4) is 0 Å². The number of aliphatic hydroxyl groups excluding tert-OH is 2. The smallest absolute Gasteiger partial charge is 0.336 e. The monoisotopic (exact) mass is 378 g/mol. The van der Waals surface area contributed by atoms with Gasteiger partial charge in [-0.25, -0.2) is 9.59 Å². The van der Waals surface area contributed by atoms with Crippen LogP contribution in [0.25, 0.3) is 0 Å². The van der Waals surface area contributed by atoms with Gasteiger partial charge in [0.15, 0.2) is 6.29 Å². The molecule has 6 atom stereocenters. The van der Waals surface area contributed by atoms with Crippen LogP contribution in [0.15, 0.2) is 36.0 Å². The third-order valence-corrected chi connectivity index (χ3v) is 5.74. The fourth-order valence-corrected chi connectivity index (χ4v) is 4.13. The van der Waals surface area contributed by atoms with Crippen molar-refractivity contribution >= 4 is 11.9 Å². The van der Waals surface area contributed by atoms with E-state index >= 15 is 0 Å². The van der Waals surface area contributed by atoms with Crippen LogP contribution in [0.1, 0.15) is 19.3 Å². The zero-order chi connectivity index (χ0) is 19.3. The average molecular weight is 378 g/mol. The van der Waals surface area contributed by atoms with Crippen LogP contribution in [-0.4, -0.2) is 65.6 Å². The fraction of sp³-hybridized carbons (Fsp3) is 0.579. The van der Waals surface area contributed by atoms with Crippen molar-refractivity contribution in [2.45, 2.75) is 49.5 Å². The number of hydrogen-bond donors (Lipinski definition) is 2. The summed E-state index contributed by atoms with van der Waals surface area (Å²) in [5.41, 5.74) is -0.0403. The lowest BCUT2D eigenvalue weighted by molar-refractivity contribution is -0.163. The molecule has 0 radical (unpaired) electrons. The van der Waals surface area contributed by atoms with Crippen molar-refractivity contribution in [2.24, 2.45) is 5.92 Å². The summed E-state index contributed by atoms with van der Waals surface area (Å²) in [6.07, 6.45) is 0.352. The van der Waals surface area contributed by atoms with E-state index in [1.165, 1.54) is 0 Å². The molecular formula is C19H22O8. The lowest BCUT2D eigenvalue weighted by Crippen LogP contribution is -2.45. The lowest BCUT2D eigenvalue weighted by Gasteiger charge is -2.33. The first-order valence-corrected chi connectivity index (χ1v) is 8.92. The molecule has 5 rings (SSSR count). The van der Waals surface area contributed by atoms with E-state index in [1.54, 1.807) is 6.08 Å². The number of carbonyl (C=O) groups excluding carboxylic acids is 2. The minimum Gasteiger partial charge on any atom is -0.458 e. The average Bonchev–Trinajstić information content (AvgIpc) is 3.26. The summed E-state index contributed by atoms with van der Waals surface area (Å²) in [4.78, 5) is 24.4. The maximum Gasteiger partial charge on any atom is 0.336 e. The van der Waals surface area contributed by atoms with Gasteiger partial charge < -0.3 is 29.2 Å². The second-order valence-corrected chi connectivity index (χ2v) is 7.42. The van der Waals surface area contributed by atoms with Crippen molar-refractivity contribution in [3.05, 3.63) is 36.0 Å². The molecule has 3 fully saturated rings. The third-order valence-electron chi connectivity index (χ3n) is 5.74. The molecule has 2 N–H and O–H groups in total. The van der Waals surface area contributed by atoms with E-state index in [9.17, 15) is 14.7 Å². The molecule has 3 saturated heterocycles. The molecule has 8 nitrogen and oxygen atoms in total. The number of esters is 2. The number of carbonyl (C=O) groups is 2. The molecule has 1 spiro atoms. The largest absolute Gasteiger partial charge is 0.458 e. The highest BCUT2D eigenvalue weighted by atomic mass is 16.7. The molecule has 0 unspecified atom stereocenters. The summed E-state index contributed by atoms with van der Waals surface area (Å²) in [5.74, 6) is -1.95. The second kappa shape index (κ2) is 6.56. The molecule has 0 amide bonds. The molecule has 1 aliphatic carbocycles. The van der Waals surface area contributed by atoms with Gasteiger partial charge in [0.05, 0.1) is 30.8 Å². The van der Waals surface area contributed by atoms with Crippen molar-refractivity contribution in [1.29, 1.82) is 0 Å². The van der Waals surface area contributed by atoms with Crippen LogP contribution in [0, 0.1) is 5.92 Å². The fourth-order valence-electron chi connectivity index (χ4n) is 4.13. The summed E-state index contributed by atoms with van der Waals surface area (Å²) in [7, 11) is 0. The van der Waals surface area contributed by atoms with E-state index < -0.39 is 48.6 Å². The van der Waals surface area contributed by atoms with Crippen molar-refractivity contribution in [1.82, 2.24) is 0 Å². The van der Waals surface area contributed by atoms with Crippen LogP contribution >= 0.6 is 0 Å².